The lowest BCUT2D eigenvalue weighted by atomic mass is 10.1. The predicted octanol–water partition coefficient (Wildman–Crippen LogP) is 1.50. The van der Waals surface area contributed by atoms with Gasteiger partial charge in [-0.1, -0.05) is 12.1 Å². The van der Waals surface area contributed by atoms with E-state index in [0.717, 1.165) is 18.7 Å². The SMILES string of the molecule is COc1cccc(CCNC(=O)CCNC2CC2)c1. The van der Waals surface area contributed by atoms with Crippen LogP contribution in [0.3, 0.4) is 0 Å². The Balaban J connectivity index is 1.60. The van der Waals surface area contributed by atoms with Gasteiger partial charge in [0.05, 0.1) is 7.11 Å². The van der Waals surface area contributed by atoms with E-state index >= 15 is 0 Å². The van der Waals surface area contributed by atoms with Crippen LogP contribution in [0.5, 0.6) is 5.75 Å². The fourth-order valence-corrected chi connectivity index (χ4v) is 1.94. The zero-order chi connectivity index (χ0) is 13.5. The minimum atomic E-state index is 0.121. The van der Waals surface area contributed by atoms with Crippen molar-refractivity contribution in [2.24, 2.45) is 0 Å². The molecule has 4 heteroatoms. The van der Waals surface area contributed by atoms with Gasteiger partial charge in [-0.05, 0) is 37.0 Å². The molecule has 1 amide bonds. The Morgan fingerprint density at radius 1 is 1.37 bits per heavy atom. The number of hydrogen-bond donors (Lipinski definition) is 2. The molecule has 0 bridgehead atoms. The normalized spacial score (nSPS) is 14.2. The second kappa shape index (κ2) is 7.14. The van der Waals surface area contributed by atoms with Gasteiger partial charge >= 0.3 is 0 Å². The number of benzene rings is 1. The summed E-state index contributed by atoms with van der Waals surface area (Å²) in [6.45, 7) is 1.46. The Bertz CT molecular complexity index is 416. The molecule has 0 unspecified atom stereocenters. The van der Waals surface area contributed by atoms with E-state index in [1.54, 1.807) is 7.11 Å². The molecule has 104 valence electrons. The molecule has 1 saturated carbocycles. The molecule has 0 aliphatic heterocycles. The summed E-state index contributed by atoms with van der Waals surface area (Å²) < 4.78 is 5.17. The Morgan fingerprint density at radius 2 is 2.21 bits per heavy atom. The van der Waals surface area contributed by atoms with Crippen molar-refractivity contribution in [1.29, 1.82) is 0 Å². The lowest BCUT2D eigenvalue weighted by molar-refractivity contribution is -0.120. The summed E-state index contributed by atoms with van der Waals surface area (Å²) in [4.78, 5) is 11.6. The average Bonchev–Trinajstić information content (AvgIpc) is 3.23. The Kier molecular flexibility index (Phi) is 5.21. The maximum Gasteiger partial charge on any atom is 0.221 e. The minimum Gasteiger partial charge on any atom is -0.497 e. The Hall–Kier alpha value is -1.55. The van der Waals surface area contributed by atoms with E-state index in [4.69, 9.17) is 4.74 Å². The maximum atomic E-state index is 11.6. The number of carbonyl (C=O) groups excluding carboxylic acids is 1. The van der Waals surface area contributed by atoms with Gasteiger partial charge in [0.15, 0.2) is 0 Å². The minimum absolute atomic E-state index is 0.121. The van der Waals surface area contributed by atoms with Crippen molar-refractivity contribution in [3.63, 3.8) is 0 Å². The van der Waals surface area contributed by atoms with Crippen LogP contribution >= 0.6 is 0 Å². The number of hydrogen-bond acceptors (Lipinski definition) is 3. The van der Waals surface area contributed by atoms with Crippen LogP contribution < -0.4 is 15.4 Å². The van der Waals surface area contributed by atoms with Crippen LogP contribution in [0.2, 0.25) is 0 Å². The fourth-order valence-electron chi connectivity index (χ4n) is 1.94. The smallest absolute Gasteiger partial charge is 0.221 e. The van der Waals surface area contributed by atoms with Crippen molar-refractivity contribution in [3.05, 3.63) is 29.8 Å². The summed E-state index contributed by atoms with van der Waals surface area (Å²) in [5.41, 5.74) is 1.18. The van der Waals surface area contributed by atoms with Crippen molar-refractivity contribution in [3.8, 4) is 5.75 Å². The molecule has 1 aliphatic rings. The lowest BCUT2D eigenvalue weighted by Gasteiger charge is -2.07. The van der Waals surface area contributed by atoms with Gasteiger partial charge in [0.2, 0.25) is 5.91 Å². The van der Waals surface area contributed by atoms with Crippen molar-refractivity contribution in [2.45, 2.75) is 31.7 Å². The quantitative estimate of drug-likeness (QED) is 0.746. The summed E-state index contributed by atoms with van der Waals surface area (Å²) >= 11 is 0. The molecule has 0 saturated heterocycles. The molecule has 0 aromatic heterocycles. The van der Waals surface area contributed by atoms with Gasteiger partial charge in [-0.25, -0.2) is 0 Å². The van der Waals surface area contributed by atoms with E-state index in [1.165, 1.54) is 18.4 Å². The highest BCUT2D eigenvalue weighted by molar-refractivity contribution is 5.76. The highest BCUT2D eigenvalue weighted by Gasteiger charge is 2.19. The molecule has 1 aromatic rings. The van der Waals surface area contributed by atoms with E-state index in [1.807, 2.05) is 24.3 Å². The van der Waals surface area contributed by atoms with Crippen LogP contribution in [0.25, 0.3) is 0 Å². The lowest BCUT2D eigenvalue weighted by Crippen LogP contribution is -2.29. The van der Waals surface area contributed by atoms with Crippen molar-refractivity contribution in [2.75, 3.05) is 20.2 Å². The summed E-state index contributed by atoms with van der Waals surface area (Å²) in [6.07, 6.45) is 3.92. The topological polar surface area (TPSA) is 50.4 Å². The van der Waals surface area contributed by atoms with E-state index in [0.29, 0.717) is 19.0 Å². The van der Waals surface area contributed by atoms with E-state index in [9.17, 15) is 4.79 Å². The van der Waals surface area contributed by atoms with Crippen LogP contribution in [0.4, 0.5) is 0 Å². The summed E-state index contributed by atoms with van der Waals surface area (Å²) in [6, 6.07) is 8.61. The average molecular weight is 262 g/mol. The zero-order valence-electron chi connectivity index (χ0n) is 11.4. The van der Waals surface area contributed by atoms with Crippen LogP contribution in [-0.4, -0.2) is 32.1 Å². The second-order valence-electron chi connectivity index (χ2n) is 4.93. The van der Waals surface area contributed by atoms with Gasteiger partial charge in [0, 0.05) is 25.6 Å². The highest BCUT2D eigenvalue weighted by atomic mass is 16.5. The Morgan fingerprint density at radius 3 is 2.95 bits per heavy atom. The van der Waals surface area contributed by atoms with Crippen LogP contribution in [0.1, 0.15) is 24.8 Å². The number of amides is 1. The third-order valence-corrected chi connectivity index (χ3v) is 3.23. The van der Waals surface area contributed by atoms with Crippen molar-refractivity contribution in [1.82, 2.24) is 10.6 Å². The standard InChI is InChI=1S/C15H22N2O2/c1-19-14-4-2-3-12(11-14)7-9-17-15(18)8-10-16-13-5-6-13/h2-4,11,13,16H,5-10H2,1H3,(H,17,18). The van der Waals surface area contributed by atoms with E-state index in [-0.39, 0.29) is 5.91 Å². The maximum absolute atomic E-state index is 11.6. The van der Waals surface area contributed by atoms with Gasteiger partial charge < -0.3 is 15.4 Å². The second-order valence-corrected chi connectivity index (χ2v) is 4.93. The molecule has 19 heavy (non-hydrogen) atoms. The third kappa shape index (κ3) is 5.30. The van der Waals surface area contributed by atoms with Gasteiger partial charge in [0.25, 0.3) is 0 Å². The molecule has 0 spiro atoms. The predicted molar refractivity (Wildman–Crippen MR) is 75.3 cm³/mol. The van der Waals surface area contributed by atoms with Crippen molar-refractivity contribution >= 4 is 5.91 Å². The first-order valence-electron chi connectivity index (χ1n) is 6.91. The first-order valence-corrected chi connectivity index (χ1v) is 6.91. The molecule has 0 radical (unpaired) electrons. The largest absolute Gasteiger partial charge is 0.497 e. The Labute approximate surface area is 114 Å². The molecule has 0 atom stereocenters. The molecule has 1 aliphatic carbocycles. The van der Waals surface area contributed by atoms with Gasteiger partial charge in [0.1, 0.15) is 5.75 Å². The number of carbonyl (C=O) groups is 1. The van der Waals surface area contributed by atoms with Crippen LogP contribution in [0.15, 0.2) is 24.3 Å². The number of rotatable bonds is 8. The van der Waals surface area contributed by atoms with E-state index in [2.05, 4.69) is 10.6 Å². The molecule has 2 rings (SSSR count). The highest BCUT2D eigenvalue weighted by Crippen LogP contribution is 2.18. The molecule has 2 N–H and O–H groups in total. The number of nitrogens with one attached hydrogen (secondary N) is 2. The third-order valence-electron chi connectivity index (χ3n) is 3.23. The molecular weight excluding hydrogens is 240 g/mol. The zero-order valence-corrected chi connectivity index (χ0v) is 11.4. The number of methoxy groups -OCH3 is 1. The molecular formula is C15H22N2O2. The van der Waals surface area contributed by atoms with Crippen LogP contribution in [0, 0.1) is 0 Å². The first-order chi connectivity index (χ1) is 9.28. The summed E-state index contributed by atoms with van der Waals surface area (Å²) in [7, 11) is 1.66. The summed E-state index contributed by atoms with van der Waals surface area (Å²) in [5, 5.41) is 6.28. The van der Waals surface area contributed by atoms with Gasteiger partial charge in [-0.15, -0.1) is 0 Å². The fraction of sp³-hybridized carbons (Fsp3) is 0.533. The number of ether oxygens (including phenoxy) is 1. The van der Waals surface area contributed by atoms with Crippen molar-refractivity contribution < 1.29 is 9.53 Å². The van der Waals surface area contributed by atoms with E-state index < -0.39 is 0 Å². The molecule has 4 nitrogen and oxygen atoms in total. The molecule has 0 heterocycles. The molecule has 1 aromatic carbocycles. The van der Waals surface area contributed by atoms with Crippen LogP contribution in [-0.2, 0) is 11.2 Å². The monoisotopic (exact) mass is 262 g/mol. The van der Waals surface area contributed by atoms with Gasteiger partial charge in [-0.3, -0.25) is 4.79 Å². The summed E-state index contributed by atoms with van der Waals surface area (Å²) in [5.74, 6) is 0.980. The first kappa shape index (κ1) is 13.9. The van der Waals surface area contributed by atoms with Gasteiger partial charge in [-0.2, -0.15) is 0 Å². The molecule has 1 fully saturated rings.